The van der Waals surface area contributed by atoms with Crippen LogP contribution < -0.4 is 5.32 Å². The minimum absolute atomic E-state index is 0.0607. The van der Waals surface area contributed by atoms with Gasteiger partial charge in [-0.15, -0.1) is 0 Å². The monoisotopic (exact) mass is 275 g/mol. The number of alkyl halides is 3. The van der Waals surface area contributed by atoms with Gasteiger partial charge < -0.3 is 10.4 Å². The molecule has 19 heavy (non-hydrogen) atoms. The molecule has 2 N–H and O–H groups in total. The lowest BCUT2D eigenvalue weighted by atomic mass is 10.1. The summed E-state index contributed by atoms with van der Waals surface area (Å²) in [6, 6.07) is 4.30. The number of aliphatic carboxylic acids is 1. The van der Waals surface area contributed by atoms with E-state index in [0.29, 0.717) is 12.1 Å². The first kappa shape index (κ1) is 15.3. The number of carboxylic acid groups (broad SMARTS) is 1. The molecule has 0 spiro atoms. The van der Waals surface area contributed by atoms with Crippen molar-refractivity contribution >= 4 is 11.7 Å². The Morgan fingerprint density at radius 2 is 1.89 bits per heavy atom. The van der Waals surface area contributed by atoms with Gasteiger partial charge in [-0.3, -0.25) is 4.79 Å². The lowest BCUT2D eigenvalue weighted by molar-refractivity contribution is -0.138. The molecule has 0 radical (unpaired) electrons. The number of anilines is 1. The second kappa shape index (κ2) is 6.45. The summed E-state index contributed by atoms with van der Waals surface area (Å²) in [5.41, 5.74) is -0.226. The molecule has 0 aliphatic heterocycles. The van der Waals surface area contributed by atoms with Gasteiger partial charge in [0.2, 0.25) is 0 Å². The Morgan fingerprint density at radius 3 is 2.32 bits per heavy atom. The van der Waals surface area contributed by atoms with Crippen molar-refractivity contribution in [2.24, 2.45) is 0 Å². The van der Waals surface area contributed by atoms with Crippen LogP contribution in [0.5, 0.6) is 0 Å². The Morgan fingerprint density at radius 1 is 1.32 bits per heavy atom. The maximum Gasteiger partial charge on any atom is 0.416 e. The first-order valence-electron chi connectivity index (χ1n) is 5.98. The topological polar surface area (TPSA) is 49.3 Å². The number of benzene rings is 1. The predicted molar refractivity (Wildman–Crippen MR) is 66.0 cm³/mol. The van der Waals surface area contributed by atoms with Gasteiger partial charge in [0.1, 0.15) is 0 Å². The van der Waals surface area contributed by atoms with E-state index in [1.165, 1.54) is 12.1 Å². The quantitative estimate of drug-likeness (QED) is 0.831. The zero-order chi connectivity index (χ0) is 14.5. The highest BCUT2D eigenvalue weighted by molar-refractivity contribution is 5.68. The van der Waals surface area contributed by atoms with Crippen LogP contribution in [0.2, 0.25) is 0 Å². The van der Waals surface area contributed by atoms with Gasteiger partial charge in [-0.25, -0.2) is 0 Å². The third kappa shape index (κ3) is 5.19. The number of carboxylic acids is 1. The molecule has 0 heterocycles. The molecule has 0 aliphatic carbocycles. The molecule has 0 saturated heterocycles. The summed E-state index contributed by atoms with van der Waals surface area (Å²) in [6.07, 6.45) is -2.98. The number of halogens is 3. The van der Waals surface area contributed by atoms with Crippen LogP contribution in [0.25, 0.3) is 0 Å². The van der Waals surface area contributed by atoms with E-state index >= 15 is 0 Å². The van der Waals surface area contributed by atoms with Gasteiger partial charge in [0.25, 0.3) is 0 Å². The van der Waals surface area contributed by atoms with Gasteiger partial charge in [-0.2, -0.15) is 13.2 Å². The van der Waals surface area contributed by atoms with Crippen LogP contribution in [0, 0.1) is 0 Å². The van der Waals surface area contributed by atoms with Gasteiger partial charge >= 0.3 is 12.1 Å². The number of nitrogens with one attached hydrogen (secondary N) is 1. The molecular formula is C13H16F3NO2. The van der Waals surface area contributed by atoms with Crippen molar-refractivity contribution in [1.82, 2.24) is 0 Å². The van der Waals surface area contributed by atoms with Gasteiger partial charge in [-0.1, -0.05) is 13.3 Å². The van der Waals surface area contributed by atoms with Crippen molar-refractivity contribution in [3.63, 3.8) is 0 Å². The molecule has 0 aliphatic rings. The Kier molecular flexibility index (Phi) is 5.20. The van der Waals surface area contributed by atoms with E-state index in [0.717, 1.165) is 18.6 Å². The maximum atomic E-state index is 12.4. The molecule has 1 atom stereocenters. The van der Waals surface area contributed by atoms with Gasteiger partial charge in [0.05, 0.1) is 12.0 Å². The molecule has 0 fully saturated rings. The summed E-state index contributed by atoms with van der Waals surface area (Å²) >= 11 is 0. The molecular weight excluding hydrogens is 259 g/mol. The van der Waals surface area contributed by atoms with Gasteiger partial charge in [0.15, 0.2) is 0 Å². The van der Waals surface area contributed by atoms with Crippen LogP contribution in [0.4, 0.5) is 18.9 Å². The summed E-state index contributed by atoms with van der Waals surface area (Å²) in [7, 11) is 0. The molecule has 6 heteroatoms. The Balaban J connectivity index is 2.72. The van der Waals surface area contributed by atoms with Crippen LogP contribution in [0.3, 0.4) is 0 Å². The third-order valence-electron chi connectivity index (χ3n) is 2.64. The Labute approximate surface area is 109 Å². The van der Waals surface area contributed by atoms with Crippen LogP contribution in [0.15, 0.2) is 24.3 Å². The molecule has 1 aromatic carbocycles. The summed E-state index contributed by atoms with van der Waals surface area (Å²) in [5.74, 6) is -0.933. The van der Waals surface area contributed by atoms with Crippen molar-refractivity contribution in [3.8, 4) is 0 Å². The van der Waals surface area contributed by atoms with Crippen molar-refractivity contribution in [3.05, 3.63) is 29.8 Å². The molecule has 1 rings (SSSR count). The molecule has 0 saturated carbocycles. The summed E-state index contributed by atoms with van der Waals surface area (Å²) < 4.78 is 37.1. The van der Waals surface area contributed by atoms with Crippen LogP contribution in [-0.2, 0) is 11.0 Å². The van der Waals surface area contributed by atoms with E-state index in [1.54, 1.807) is 0 Å². The molecule has 1 unspecified atom stereocenters. The van der Waals surface area contributed by atoms with Crippen molar-refractivity contribution < 1.29 is 23.1 Å². The van der Waals surface area contributed by atoms with E-state index in [4.69, 9.17) is 5.11 Å². The second-order valence-electron chi connectivity index (χ2n) is 4.30. The Hall–Kier alpha value is -1.72. The van der Waals surface area contributed by atoms with Gasteiger partial charge in [-0.05, 0) is 30.7 Å². The standard InChI is InChI=1S/C13H16F3NO2/c1-2-3-11(8-12(18)19)17-10-6-4-9(5-7-10)13(14,15)16/h4-7,11,17H,2-3,8H2,1H3,(H,18,19). The highest BCUT2D eigenvalue weighted by Gasteiger charge is 2.30. The normalized spacial score (nSPS) is 13.1. The number of carbonyl (C=O) groups is 1. The molecule has 3 nitrogen and oxygen atoms in total. The lowest BCUT2D eigenvalue weighted by Gasteiger charge is -2.18. The van der Waals surface area contributed by atoms with Crippen molar-refractivity contribution in [2.45, 2.75) is 38.4 Å². The van der Waals surface area contributed by atoms with Crippen molar-refractivity contribution in [1.29, 1.82) is 0 Å². The van der Waals surface area contributed by atoms with E-state index in [9.17, 15) is 18.0 Å². The van der Waals surface area contributed by atoms with E-state index in [1.807, 2.05) is 6.92 Å². The number of rotatable bonds is 6. The molecule has 0 bridgehead atoms. The predicted octanol–water partition coefficient (Wildman–Crippen LogP) is 3.76. The smallest absolute Gasteiger partial charge is 0.416 e. The lowest BCUT2D eigenvalue weighted by Crippen LogP contribution is -2.23. The highest BCUT2D eigenvalue weighted by Crippen LogP contribution is 2.30. The zero-order valence-corrected chi connectivity index (χ0v) is 10.5. The summed E-state index contributed by atoms with van der Waals surface area (Å²) in [5, 5.41) is 11.7. The number of hydrogen-bond acceptors (Lipinski definition) is 2. The van der Waals surface area contributed by atoms with Gasteiger partial charge in [0, 0.05) is 11.7 Å². The summed E-state index contributed by atoms with van der Waals surface area (Å²) in [6.45, 7) is 1.92. The SMILES string of the molecule is CCCC(CC(=O)O)Nc1ccc(C(F)(F)F)cc1. The van der Waals surface area contributed by atoms with E-state index < -0.39 is 17.7 Å². The van der Waals surface area contributed by atoms with Crippen LogP contribution in [0.1, 0.15) is 31.7 Å². The maximum absolute atomic E-state index is 12.4. The minimum Gasteiger partial charge on any atom is -0.481 e. The number of hydrogen-bond donors (Lipinski definition) is 2. The average molecular weight is 275 g/mol. The van der Waals surface area contributed by atoms with Crippen molar-refractivity contribution in [2.75, 3.05) is 5.32 Å². The molecule has 0 amide bonds. The zero-order valence-electron chi connectivity index (χ0n) is 10.5. The van der Waals surface area contributed by atoms with E-state index in [2.05, 4.69) is 5.32 Å². The van der Waals surface area contributed by atoms with E-state index in [-0.39, 0.29) is 12.5 Å². The van der Waals surface area contributed by atoms with Crippen LogP contribution in [-0.4, -0.2) is 17.1 Å². The highest BCUT2D eigenvalue weighted by atomic mass is 19.4. The first-order chi connectivity index (χ1) is 8.82. The largest absolute Gasteiger partial charge is 0.481 e. The Bertz CT molecular complexity index is 415. The fourth-order valence-electron chi connectivity index (χ4n) is 1.78. The fourth-order valence-corrected chi connectivity index (χ4v) is 1.78. The second-order valence-corrected chi connectivity index (χ2v) is 4.30. The minimum atomic E-state index is -4.36. The average Bonchev–Trinajstić information content (AvgIpc) is 2.28. The van der Waals surface area contributed by atoms with Crippen LogP contribution >= 0.6 is 0 Å². The molecule has 1 aromatic rings. The molecule has 106 valence electrons. The molecule has 0 aromatic heterocycles. The first-order valence-corrected chi connectivity index (χ1v) is 5.98. The fraction of sp³-hybridized carbons (Fsp3) is 0.462. The summed E-state index contributed by atoms with van der Waals surface area (Å²) in [4.78, 5) is 10.7. The third-order valence-corrected chi connectivity index (χ3v) is 2.64.